The molecular formula is C29H32F4O4. The number of alkyl halides is 4. The van der Waals surface area contributed by atoms with Crippen LogP contribution >= 0.6 is 0 Å². The van der Waals surface area contributed by atoms with Gasteiger partial charge in [-0.2, -0.15) is 13.2 Å². The predicted molar refractivity (Wildman–Crippen MR) is 134 cm³/mol. The first-order chi connectivity index (χ1) is 17.5. The molecule has 3 atom stereocenters. The molecule has 0 heterocycles. The zero-order chi connectivity index (χ0) is 27.3. The van der Waals surface area contributed by atoms with Crippen molar-refractivity contribution in [2.75, 3.05) is 20.8 Å². The average Bonchev–Trinajstić information content (AvgIpc) is 2.92. The van der Waals surface area contributed by atoms with E-state index in [1.807, 2.05) is 18.2 Å². The molecule has 0 amide bonds. The lowest BCUT2D eigenvalue weighted by molar-refractivity contribution is -0.286. The van der Waals surface area contributed by atoms with E-state index >= 15 is 4.39 Å². The maximum atomic E-state index is 15.5. The van der Waals surface area contributed by atoms with Crippen LogP contribution in [0.4, 0.5) is 17.6 Å². The molecule has 0 aliphatic heterocycles. The van der Waals surface area contributed by atoms with Crippen molar-refractivity contribution in [1.82, 2.24) is 0 Å². The molecule has 3 rings (SSSR count). The van der Waals surface area contributed by atoms with Gasteiger partial charge in [-0.15, -0.1) is 0 Å². The summed E-state index contributed by atoms with van der Waals surface area (Å²) >= 11 is 0. The van der Waals surface area contributed by atoms with Gasteiger partial charge in [-0.25, -0.2) is 4.39 Å². The normalized spacial score (nSPS) is 15.5. The van der Waals surface area contributed by atoms with Crippen LogP contribution in [0.25, 0.3) is 0 Å². The van der Waals surface area contributed by atoms with Gasteiger partial charge >= 0.3 is 6.18 Å². The lowest BCUT2D eigenvalue weighted by Crippen LogP contribution is -2.53. The number of methoxy groups -OCH3 is 2. The molecule has 0 bridgehead atoms. The predicted octanol–water partition coefficient (Wildman–Crippen LogP) is 6.69. The highest BCUT2D eigenvalue weighted by molar-refractivity contribution is 5.49. The molecular weight excluding hydrogens is 488 g/mol. The highest BCUT2D eigenvalue weighted by Crippen LogP contribution is 2.44. The van der Waals surface area contributed by atoms with Crippen LogP contribution in [0.5, 0.6) is 11.5 Å². The number of benzene rings is 3. The number of rotatable bonds is 11. The van der Waals surface area contributed by atoms with Crippen LogP contribution in [0.2, 0.25) is 0 Å². The number of hydrogen-bond donors (Lipinski definition) is 1. The smallest absolute Gasteiger partial charge is 0.417 e. The minimum absolute atomic E-state index is 0.593. The van der Waals surface area contributed by atoms with E-state index in [9.17, 15) is 18.3 Å². The van der Waals surface area contributed by atoms with Crippen LogP contribution in [0.15, 0.2) is 78.9 Å². The average molecular weight is 521 g/mol. The van der Waals surface area contributed by atoms with E-state index < -0.39 is 42.5 Å². The quantitative estimate of drug-likeness (QED) is 0.226. The Balaban J connectivity index is 2.13. The van der Waals surface area contributed by atoms with Gasteiger partial charge in [0.2, 0.25) is 0 Å². The summed E-state index contributed by atoms with van der Waals surface area (Å²) in [5, 5.41) is 10.3. The first kappa shape index (κ1) is 28.5. The monoisotopic (exact) mass is 520 g/mol. The van der Waals surface area contributed by atoms with Crippen molar-refractivity contribution in [1.29, 1.82) is 0 Å². The first-order valence-corrected chi connectivity index (χ1v) is 11.9. The number of aliphatic hydroxyl groups is 1. The highest BCUT2D eigenvalue weighted by atomic mass is 19.4. The van der Waals surface area contributed by atoms with Crippen LogP contribution in [-0.4, -0.2) is 43.9 Å². The Hall–Kier alpha value is -3.10. The highest BCUT2D eigenvalue weighted by Gasteiger charge is 2.58. The summed E-state index contributed by atoms with van der Waals surface area (Å²) in [5.41, 5.74) is -2.69. The molecule has 0 saturated heterocycles. The SMILES string of the molecule is CCC(O)([C@@H](C)[C@@H](F)COC(c1ccccc1)(c1ccc(OC)cc1)c1ccc(OC)cc1)C(F)(F)F. The van der Waals surface area contributed by atoms with E-state index in [2.05, 4.69) is 0 Å². The summed E-state index contributed by atoms with van der Waals surface area (Å²) in [5.74, 6) is -0.580. The van der Waals surface area contributed by atoms with Crippen molar-refractivity contribution in [3.63, 3.8) is 0 Å². The van der Waals surface area contributed by atoms with E-state index in [0.717, 1.165) is 6.92 Å². The lowest BCUT2D eigenvalue weighted by atomic mass is 9.79. The summed E-state index contributed by atoms with van der Waals surface area (Å²) in [6.07, 6.45) is -7.79. The number of ether oxygens (including phenoxy) is 3. The Morgan fingerprint density at radius 1 is 0.757 bits per heavy atom. The molecule has 8 heteroatoms. The summed E-state index contributed by atoms with van der Waals surface area (Å²) in [4.78, 5) is 0. The fraction of sp³-hybridized carbons (Fsp3) is 0.379. The van der Waals surface area contributed by atoms with Gasteiger partial charge < -0.3 is 19.3 Å². The molecule has 0 saturated carbocycles. The summed E-state index contributed by atoms with van der Waals surface area (Å²) in [6.45, 7) is 1.53. The third kappa shape index (κ3) is 5.60. The molecule has 0 fully saturated rings. The zero-order valence-electron chi connectivity index (χ0n) is 21.3. The molecule has 0 aromatic heterocycles. The van der Waals surface area contributed by atoms with Gasteiger partial charge in [0, 0.05) is 5.92 Å². The Morgan fingerprint density at radius 2 is 1.19 bits per heavy atom. The molecule has 4 nitrogen and oxygen atoms in total. The van der Waals surface area contributed by atoms with Crippen molar-refractivity contribution in [3.05, 3.63) is 95.6 Å². The molecule has 1 N–H and O–H groups in total. The van der Waals surface area contributed by atoms with E-state index in [4.69, 9.17) is 14.2 Å². The summed E-state index contributed by atoms with van der Waals surface area (Å²) in [6, 6.07) is 23.0. The minimum Gasteiger partial charge on any atom is -0.497 e. The molecule has 0 spiro atoms. The lowest BCUT2D eigenvalue weighted by Gasteiger charge is -2.39. The van der Waals surface area contributed by atoms with E-state index in [0.29, 0.717) is 28.2 Å². The molecule has 0 radical (unpaired) electrons. The molecule has 0 aliphatic rings. The van der Waals surface area contributed by atoms with Crippen molar-refractivity contribution in [2.24, 2.45) is 5.92 Å². The zero-order valence-corrected chi connectivity index (χ0v) is 21.3. The molecule has 3 aromatic carbocycles. The number of hydrogen-bond acceptors (Lipinski definition) is 4. The van der Waals surface area contributed by atoms with E-state index in [-0.39, 0.29) is 0 Å². The van der Waals surface area contributed by atoms with Crippen LogP contribution in [0.1, 0.15) is 37.0 Å². The maximum Gasteiger partial charge on any atom is 0.417 e. The maximum absolute atomic E-state index is 15.5. The van der Waals surface area contributed by atoms with Gasteiger partial charge in [0.25, 0.3) is 0 Å². The van der Waals surface area contributed by atoms with Crippen molar-refractivity contribution < 1.29 is 36.9 Å². The van der Waals surface area contributed by atoms with Crippen LogP contribution in [0.3, 0.4) is 0 Å². The Labute approximate surface area is 214 Å². The Bertz CT molecular complexity index is 1070. The Kier molecular flexibility index (Phi) is 8.87. The summed E-state index contributed by atoms with van der Waals surface area (Å²) < 4.78 is 73.3. The van der Waals surface area contributed by atoms with Crippen LogP contribution in [-0.2, 0) is 10.3 Å². The number of halogens is 4. The largest absolute Gasteiger partial charge is 0.497 e. The molecule has 200 valence electrons. The molecule has 0 aliphatic carbocycles. The van der Waals surface area contributed by atoms with Crippen molar-refractivity contribution in [3.8, 4) is 11.5 Å². The van der Waals surface area contributed by atoms with Gasteiger partial charge in [0.15, 0.2) is 5.60 Å². The fourth-order valence-electron chi connectivity index (χ4n) is 4.50. The topological polar surface area (TPSA) is 47.9 Å². The van der Waals surface area contributed by atoms with Gasteiger partial charge in [0.1, 0.15) is 23.3 Å². The third-order valence-electron chi connectivity index (χ3n) is 6.96. The third-order valence-corrected chi connectivity index (χ3v) is 6.96. The summed E-state index contributed by atoms with van der Waals surface area (Å²) in [7, 11) is 3.06. The second kappa shape index (κ2) is 11.5. The van der Waals surface area contributed by atoms with Gasteiger partial charge in [0.05, 0.1) is 20.8 Å². The standard InChI is InChI=1S/C29H32F4O4/c1-5-27(34,29(31,32)33)20(2)26(30)19-37-28(21-9-7-6-8-10-21,22-11-15-24(35-3)16-12-22)23-13-17-25(36-4)18-14-23/h6-18,20,26,34H,5,19H2,1-4H3/t20-,26-,27?/m0/s1. The fourth-order valence-corrected chi connectivity index (χ4v) is 4.50. The van der Waals surface area contributed by atoms with Gasteiger partial charge in [-0.05, 0) is 47.4 Å². The molecule has 37 heavy (non-hydrogen) atoms. The first-order valence-electron chi connectivity index (χ1n) is 11.9. The second-order valence-corrected chi connectivity index (χ2v) is 8.90. The van der Waals surface area contributed by atoms with Gasteiger partial charge in [-0.3, -0.25) is 0 Å². The Morgan fingerprint density at radius 3 is 1.57 bits per heavy atom. The van der Waals surface area contributed by atoms with Crippen molar-refractivity contribution in [2.45, 2.75) is 43.8 Å². The molecule has 3 aromatic rings. The van der Waals surface area contributed by atoms with Crippen LogP contribution < -0.4 is 9.47 Å². The van der Waals surface area contributed by atoms with Gasteiger partial charge in [-0.1, -0.05) is 68.4 Å². The van der Waals surface area contributed by atoms with E-state index in [1.54, 1.807) is 60.7 Å². The van der Waals surface area contributed by atoms with Crippen LogP contribution in [0, 0.1) is 5.92 Å². The second-order valence-electron chi connectivity index (χ2n) is 8.90. The molecule has 1 unspecified atom stereocenters. The van der Waals surface area contributed by atoms with Crippen molar-refractivity contribution >= 4 is 0 Å². The van der Waals surface area contributed by atoms with E-state index in [1.165, 1.54) is 21.1 Å². The minimum atomic E-state index is -4.99.